The van der Waals surface area contributed by atoms with Gasteiger partial charge in [0.05, 0.1) is 5.52 Å². The van der Waals surface area contributed by atoms with Crippen LogP contribution in [0.15, 0.2) is 34.8 Å². The number of fused-ring (bicyclic) bond motifs is 1. The van der Waals surface area contributed by atoms with Crippen LogP contribution in [-0.4, -0.2) is 36.1 Å². The van der Waals surface area contributed by atoms with Crippen LogP contribution in [0.25, 0.3) is 10.9 Å². The predicted octanol–water partition coefficient (Wildman–Crippen LogP) is 3.47. The molecule has 1 aromatic carbocycles. The molecule has 2 aromatic rings. The molecule has 19 heavy (non-hydrogen) atoms. The van der Waals surface area contributed by atoms with Crippen molar-refractivity contribution in [3.8, 4) is 5.88 Å². The van der Waals surface area contributed by atoms with Gasteiger partial charge in [-0.15, -0.1) is 0 Å². The van der Waals surface area contributed by atoms with Crippen LogP contribution >= 0.6 is 15.9 Å². The summed E-state index contributed by atoms with van der Waals surface area (Å²) in [6, 6.07) is 10.6. The summed E-state index contributed by atoms with van der Waals surface area (Å²) in [5, 5.41) is 1.12. The molecule has 1 aliphatic rings. The summed E-state index contributed by atoms with van der Waals surface area (Å²) in [6.45, 7) is 1.90. The van der Waals surface area contributed by atoms with Crippen molar-refractivity contribution in [2.45, 2.75) is 18.9 Å². The first-order valence-electron chi connectivity index (χ1n) is 6.62. The lowest BCUT2D eigenvalue weighted by molar-refractivity contribution is 0.193. The van der Waals surface area contributed by atoms with Crippen molar-refractivity contribution >= 4 is 26.8 Å². The Balaban J connectivity index is 1.72. The molecule has 2 heterocycles. The molecule has 100 valence electrons. The maximum Gasteiger partial charge on any atom is 0.213 e. The maximum atomic E-state index is 5.83. The average molecular weight is 321 g/mol. The van der Waals surface area contributed by atoms with Gasteiger partial charge < -0.3 is 9.64 Å². The molecule has 3 rings (SSSR count). The van der Waals surface area contributed by atoms with E-state index in [1.165, 1.54) is 19.4 Å². The Morgan fingerprint density at radius 1 is 1.37 bits per heavy atom. The molecule has 3 nitrogen and oxygen atoms in total. The molecule has 1 saturated heterocycles. The van der Waals surface area contributed by atoms with E-state index in [0.717, 1.165) is 27.9 Å². The zero-order chi connectivity index (χ0) is 13.2. The van der Waals surface area contributed by atoms with E-state index in [1.54, 1.807) is 0 Å². The number of rotatable bonds is 3. The Hall–Kier alpha value is -1.13. The topological polar surface area (TPSA) is 25.4 Å². The molecule has 1 unspecified atom stereocenters. The smallest absolute Gasteiger partial charge is 0.213 e. The summed E-state index contributed by atoms with van der Waals surface area (Å²) in [7, 11) is 2.16. The molecule has 0 amide bonds. The number of ether oxygens (including phenoxy) is 1. The fourth-order valence-corrected chi connectivity index (χ4v) is 2.91. The number of halogens is 1. The van der Waals surface area contributed by atoms with E-state index >= 15 is 0 Å². The number of hydrogen-bond acceptors (Lipinski definition) is 3. The molecule has 0 N–H and O–H groups in total. The summed E-state index contributed by atoms with van der Waals surface area (Å²) >= 11 is 3.47. The number of pyridine rings is 1. The highest BCUT2D eigenvalue weighted by molar-refractivity contribution is 9.10. The lowest BCUT2D eigenvalue weighted by Crippen LogP contribution is -2.30. The monoisotopic (exact) mass is 320 g/mol. The van der Waals surface area contributed by atoms with Crippen LogP contribution in [0.4, 0.5) is 0 Å². The van der Waals surface area contributed by atoms with E-state index < -0.39 is 0 Å². The van der Waals surface area contributed by atoms with E-state index in [-0.39, 0.29) is 0 Å². The summed E-state index contributed by atoms with van der Waals surface area (Å²) < 4.78 is 6.91. The van der Waals surface area contributed by atoms with Crippen molar-refractivity contribution < 1.29 is 4.74 Å². The SMILES string of the molecule is CN1CCCC1COc1ccc2cc(Br)ccc2n1. The normalized spacial score (nSPS) is 20.0. The van der Waals surface area contributed by atoms with Crippen molar-refractivity contribution in [1.29, 1.82) is 0 Å². The Morgan fingerprint density at radius 3 is 3.05 bits per heavy atom. The number of likely N-dealkylation sites (tertiary alicyclic amines) is 1. The van der Waals surface area contributed by atoms with Gasteiger partial charge in [0.15, 0.2) is 0 Å². The number of nitrogens with zero attached hydrogens (tertiary/aromatic N) is 2. The largest absolute Gasteiger partial charge is 0.476 e. The van der Waals surface area contributed by atoms with E-state index in [9.17, 15) is 0 Å². The summed E-state index contributed by atoms with van der Waals surface area (Å²) in [5.41, 5.74) is 0.973. The van der Waals surface area contributed by atoms with Crippen LogP contribution < -0.4 is 4.74 Å². The molecule has 0 aliphatic carbocycles. The van der Waals surface area contributed by atoms with Gasteiger partial charge in [0.2, 0.25) is 5.88 Å². The summed E-state index contributed by atoms with van der Waals surface area (Å²) in [6.07, 6.45) is 2.49. The van der Waals surface area contributed by atoms with Gasteiger partial charge in [-0.3, -0.25) is 0 Å². The van der Waals surface area contributed by atoms with E-state index in [2.05, 4.69) is 45.0 Å². The molecule has 1 aromatic heterocycles. The number of benzene rings is 1. The summed E-state index contributed by atoms with van der Waals surface area (Å²) in [4.78, 5) is 6.90. The fourth-order valence-electron chi connectivity index (χ4n) is 2.53. The standard InChI is InChI=1S/C15H17BrN2O/c1-18-8-2-3-13(18)10-19-15-7-4-11-9-12(16)5-6-14(11)17-15/h4-7,9,13H,2-3,8,10H2,1H3. The Morgan fingerprint density at radius 2 is 2.26 bits per heavy atom. The van der Waals surface area contributed by atoms with Gasteiger partial charge in [-0.05, 0) is 50.7 Å². The second-order valence-corrected chi connectivity index (χ2v) is 5.99. The van der Waals surface area contributed by atoms with Gasteiger partial charge in [0.1, 0.15) is 6.61 Å². The third-order valence-electron chi connectivity index (χ3n) is 3.72. The Labute approximate surface area is 121 Å². The molecule has 0 saturated carbocycles. The molecule has 0 bridgehead atoms. The zero-order valence-corrected chi connectivity index (χ0v) is 12.6. The third kappa shape index (κ3) is 2.90. The highest BCUT2D eigenvalue weighted by atomic mass is 79.9. The lowest BCUT2D eigenvalue weighted by Gasteiger charge is -2.19. The fraction of sp³-hybridized carbons (Fsp3) is 0.400. The van der Waals surface area contributed by atoms with Gasteiger partial charge in [0, 0.05) is 22.0 Å². The molecule has 4 heteroatoms. The minimum Gasteiger partial charge on any atom is -0.476 e. The van der Waals surface area contributed by atoms with Crippen molar-refractivity contribution in [1.82, 2.24) is 9.88 Å². The van der Waals surface area contributed by atoms with Gasteiger partial charge in [-0.1, -0.05) is 15.9 Å². The highest BCUT2D eigenvalue weighted by Gasteiger charge is 2.21. The van der Waals surface area contributed by atoms with Crippen LogP contribution in [0.3, 0.4) is 0 Å². The Bertz CT molecular complexity index is 587. The van der Waals surface area contributed by atoms with Crippen molar-refractivity contribution in [3.63, 3.8) is 0 Å². The quantitative estimate of drug-likeness (QED) is 0.865. The first-order valence-corrected chi connectivity index (χ1v) is 7.41. The zero-order valence-electron chi connectivity index (χ0n) is 11.0. The minimum atomic E-state index is 0.530. The number of hydrogen-bond donors (Lipinski definition) is 0. The van der Waals surface area contributed by atoms with Crippen molar-refractivity contribution in [3.05, 3.63) is 34.8 Å². The van der Waals surface area contributed by atoms with E-state index in [0.29, 0.717) is 6.04 Å². The molecular weight excluding hydrogens is 304 g/mol. The minimum absolute atomic E-state index is 0.530. The second-order valence-electron chi connectivity index (χ2n) is 5.07. The van der Waals surface area contributed by atoms with Crippen molar-refractivity contribution in [2.24, 2.45) is 0 Å². The molecular formula is C15H17BrN2O. The number of aromatic nitrogens is 1. The van der Waals surface area contributed by atoms with Gasteiger partial charge >= 0.3 is 0 Å². The first kappa shape index (κ1) is 12.9. The van der Waals surface area contributed by atoms with Crippen LogP contribution in [0.1, 0.15) is 12.8 Å². The van der Waals surface area contributed by atoms with Crippen LogP contribution in [0.5, 0.6) is 5.88 Å². The number of likely N-dealkylation sites (N-methyl/N-ethyl adjacent to an activating group) is 1. The van der Waals surface area contributed by atoms with Gasteiger partial charge in [-0.2, -0.15) is 0 Å². The summed E-state index contributed by atoms with van der Waals surface area (Å²) in [5.74, 6) is 0.718. The first-order chi connectivity index (χ1) is 9.22. The van der Waals surface area contributed by atoms with Gasteiger partial charge in [0.25, 0.3) is 0 Å². The van der Waals surface area contributed by atoms with E-state index in [4.69, 9.17) is 4.74 Å². The van der Waals surface area contributed by atoms with Crippen molar-refractivity contribution in [2.75, 3.05) is 20.2 Å². The van der Waals surface area contributed by atoms with E-state index in [1.807, 2.05) is 18.2 Å². The van der Waals surface area contributed by atoms with Crippen LogP contribution in [-0.2, 0) is 0 Å². The van der Waals surface area contributed by atoms with Gasteiger partial charge in [-0.25, -0.2) is 4.98 Å². The Kier molecular flexibility index (Phi) is 3.71. The molecule has 0 spiro atoms. The molecule has 0 radical (unpaired) electrons. The third-order valence-corrected chi connectivity index (χ3v) is 4.21. The predicted molar refractivity (Wildman–Crippen MR) is 80.6 cm³/mol. The maximum absolute atomic E-state index is 5.83. The highest BCUT2D eigenvalue weighted by Crippen LogP contribution is 2.22. The second kappa shape index (κ2) is 5.47. The van der Waals surface area contributed by atoms with Crippen LogP contribution in [0.2, 0.25) is 0 Å². The molecule has 1 aliphatic heterocycles. The molecule has 1 atom stereocenters. The van der Waals surface area contributed by atoms with Crippen LogP contribution in [0, 0.1) is 0 Å². The molecule has 1 fully saturated rings. The average Bonchev–Trinajstić information content (AvgIpc) is 2.82. The lowest BCUT2D eigenvalue weighted by atomic mass is 10.2.